The molecule has 0 radical (unpaired) electrons. The molecule has 0 aromatic heterocycles. The van der Waals surface area contributed by atoms with Crippen molar-refractivity contribution >= 4 is 10.0 Å². The second kappa shape index (κ2) is 6.16. The summed E-state index contributed by atoms with van der Waals surface area (Å²) in [5.41, 5.74) is 1.10. The molecule has 23 heavy (non-hydrogen) atoms. The number of aryl methyl sites for hydroxylation is 1. The van der Waals surface area contributed by atoms with E-state index in [1.54, 1.807) is 23.5 Å². The Hall–Kier alpha value is -0.950. The zero-order valence-corrected chi connectivity index (χ0v) is 15.0. The van der Waals surface area contributed by atoms with E-state index in [2.05, 4.69) is 11.9 Å². The minimum Gasteiger partial charge on any atom is -0.384 e. The third kappa shape index (κ3) is 3.05. The van der Waals surface area contributed by atoms with Crippen molar-refractivity contribution in [2.24, 2.45) is 11.3 Å². The fourth-order valence-electron chi connectivity index (χ4n) is 4.12. The third-order valence-corrected chi connectivity index (χ3v) is 7.22. The Bertz CT molecular complexity index is 659. The van der Waals surface area contributed by atoms with E-state index in [1.165, 1.54) is 0 Å². The first kappa shape index (κ1) is 16.9. The first-order valence-electron chi connectivity index (χ1n) is 8.12. The van der Waals surface area contributed by atoms with Crippen LogP contribution in [-0.2, 0) is 14.8 Å². The molecule has 1 spiro atoms. The fourth-order valence-corrected chi connectivity index (χ4v) is 5.65. The van der Waals surface area contributed by atoms with Crippen LogP contribution in [0.4, 0.5) is 0 Å². The highest BCUT2D eigenvalue weighted by Gasteiger charge is 2.51. The lowest BCUT2D eigenvalue weighted by Gasteiger charge is -2.30. The van der Waals surface area contributed by atoms with Crippen molar-refractivity contribution in [3.8, 4) is 0 Å². The van der Waals surface area contributed by atoms with Gasteiger partial charge in [0, 0.05) is 44.6 Å². The summed E-state index contributed by atoms with van der Waals surface area (Å²) in [5, 5.41) is 0. The topological polar surface area (TPSA) is 49.9 Å². The fraction of sp³-hybridized carbons (Fsp3) is 0.647. The van der Waals surface area contributed by atoms with Gasteiger partial charge in [0.25, 0.3) is 0 Å². The van der Waals surface area contributed by atoms with Crippen LogP contribution in [0.1, 0.15) is 12.0 Å². The molecule has 3 rings (SSSR count). The van der Waals surface area contributed by atoms with E-state index in [0.717, 1.165) is 25.1 Å². The maximum absolute atomic E-state index is 12.9. The van der Waals surface area contributed by atoms with Crippen LogP contribution in [0.5, 0.6) is 0 Å². The monoisotopic (exact) mass is 338 g/mol. The maximum Gasteiger partial charge on any atom is 0.243 e. The molecule has 2 fully saturated rings. The lowest BCUT2D eigenvalue weighted by atomic mass is 9.78. The molecule has 0 bridgehead atoms. The summed E-state index contributed by atoms with van der Waals surface area (Å²) >= 11 is 0. The van der Waals surface area contributed by atoms with E-state index in [9.17, 15) is 8.42 Å². The summed E-state index contributed by atoms with van der Waals surface area (Å²) in [4.78, 5) is 2.70. The van der Waals surface area contributed by atoms with Crippen LogP contribution >= 0.6 is 0 Å². The Morgan fingerprint density at radius 3 is 2.61 bits per heavy atom. The van der Waals surface area contributed by atoms with Crippen LogP contribution in [0.3, 0.4) is 0 Å². The second-order valence-electron chi connectivity index (χ2n) is 7.11. The molecule has 6 heteroatoms. The van der Waals surface area contributed by atoms with E-state index < -0.39 is 10.0 Å². The van der Waals surface area contributed by atoms with Gasteiger partial charge < -0.3 is 9.64 Å². The van der Waals surface area contributed by atoms with E-state index in [1.807, 2.05) is 19.1 Å². The number of hydrogen-bond acceptors (Lipinski definition) is 4. The van der Waals surface area contributed by atoms with Gasteiger partial charge in [-0.2, -0.15) is 4.31 Å². The van der Waals surface area contributed by atoms with Crippen molar-refractivity contribution in [2.45, 2.75) is 18.2 Å². The van der Waals surface area contributed by atoms with E-state index >= 15 is 0 Å². The average molecular weight is 338 g/mol. The second-order valence-corrected chi connectivity index (χ2v) is 9.05. The van der Waals surface area contributed by atoms with E-state index in [-0.39, 0.29) is 5.41 Å². The standard InChI is InChI=1S/C17H26N2O3S/c1-14-4-6-16(7-5-14)23(20,21)19-9-8-17(13-19)12-18(2)10-15(17)11-22-3/h4-7,15H,8-13H2,1-3H3/t15-,17-/m1/s1. The number of hydrogen-bond donors (Lipinski definition) is 0. The summed E-state index contributed by atoms with van der Waals surface area (Å²) in [6.45, 7) is 5.78. The van der Waals surface area contributed by atoms with Crippen molar-refractivity contribution in [3.05, 3.63) is 29.8 Å². The molecular weight excluding hydrogens is 312 g/mol. The first-order valence-corrected chi connectivity index (χ1v) is 9.56. The molecule has 2 saturated heterocycles. The van der Waals surface area contributed by atoms with Gasteiger partial charge in [-0.1, -0.05) is 17.7 Å². The van der Waals surface area contributed by atoms with E-state index in [0.29, 0.717) is 30.5 Å². The minimum absolute atomic E-state index is 0.0303. The van der Waals surface area contributed by atoms with Gasteiger partial charge in [-0.05, 0) is 32.5 Å². The molecule has 0 saturated carbocycles. The van der Waals surface area contributed by atoms with E-state index in [4.69, 9.17) is 4.74 Å². The summed E-state index contributed by atoms with van der Waals surface area (Å²) in [6.07, 6.45) is 0.913. The van der Waals surface area contributed by atoms with Gasteiger partial charge in [0.05, 0.1) is 11.5 Å². The van der Waals surface area contributed by atoms with Crippen molar-refractivity contribution in [3.63, 3.8) is 0 Å². The van der Waals surface area contributed by atoms with Gasteiger partial charge in [0.1, 0.15) is 0 Å². The number of methoxy groups -OCH3 is 1. The van der Waals surface area contributed by atoms with Gasteiger partial charge in [-0.25, -0.2) is 8.42 Å². The quantitative estimate of drug-likeness (QED) is 0.836. The zero-order valence-electron chi connectivity index (χ0n) is 14.2. The molecule has 1 aromatic carbocycles. The highest BCUT2D eigenvalue weighted by molar-refractivity contribution is 7.89. The molecule has 0 unspecified atom stereocenters. The van der Waals surface area contributed by atoms with Crippen LogP contribution in [-0.4, -0.2) is 64.6 Å². The Morgan fingerprint density at radius 2 is 1.96 bits per heavy atom. The average Bonchev–Trinajstić information content (AvgIpc) is 3.05. The Morgan fingerprint density at radius 1 is 1.26 bits per heavy atom. The number of nitrogens with zero attached hydrogens (tertiary/aromatic N) is 2. The predicted octanol–water partition coefficient (Wildman–Crippen LogP) is 1.58. The van der Waals surface area contributed by atoms with Gasteiger partial charge in [0.15, 0.2) is 0 Å². The molecule has 0 N–H and O–H groups in total. The van der Waals surface area contributed by atoms with Gasteiger partial charge in [-0.3, -0.25) is 0 Å². The summed E-state index contributed by atoms with van der Waals surface area (Å²) in [6, 6.07) is 7.14. The first-order chi connectivity index (χ1) is 10.9. The molecule has 128 valence electrons. The molecular formula is C17H26N2O3S. The number of rotatable bonds is 4. The van der Waals surface area contributed by atoms with Crippen LogP contribution in [0.15, 0.2) is 29.2 Å². The van der Waals surface area contributed by atoms with Gasteiger partial charge >= 0.3 is 0 Å². The Kier molecular flexibility index (Phi) is 4.53. The molecule has 5 nitrogen and oxygen atoms in total. The molecule has 0 amide bonds. The number of benzene rings is 1. The van der Waals surface area contributed by atoms with Crippen molar-refractivity contribution in [1.82, 2.24) is 9.21 Å². The highest BCUT2D eigenvalue weighted by atomic mass is 32.2. The Labute approximate surface area is 139 Å². The lowest BCUT2D eigenvalue weighted by molar-refractivity contribution is 0.101. The molecule has 0 aliphatic carbocycles. The highest BCUT2D eigenvalue weighted by Crippen LogP contribution is 2.44. The maximum atomic E-state index is 12.9. The predicted molar refractivity (Wildman–Crippen MR) is 89.9 cm³/mol. The molecule has 2 atom stereocenters. The lowest BCUT2D eigenvalue weighted by Crippen LogP contribution is -2.38. The summed E-state index contributed by atoms with van der Waals surface area (Å²) in [5.74, 6) is 0.399. The number of likely N-dealkylation sites (tertiary alicyclic amines) is 1. The van der Waals surface area contributed by atoms with Crippen molar-refractivity contribution in [1.29, 1.82) is 0 Å². The van der Waals surface area contributed by atoms with Crippen molar-refractivity contribution in [2.75, 3.05) is 46.9 Å². The number of sulfonamides is 1. The van der Waals surface area contributed by atoms with Crippen molar-refractivity contribution < 1.29 is 13.2 Å². The summed E-state index contributed by atoms with van der Waals surface area (Å²) < 4.78 is 32.9. The van der Waals surface area contributed by atoms with Crippen LogP contribution in [0, 0.1) is 18.3 Å². The number of ether oxygens (including phenoxy) is 1. The molecule has 1 aromatic rings. The smallest absolute Gasteiger partial charge is 0.243 e. The SMILES string of the molecule is COC[C@H]1CN(C)C[C@@]12CCN(S(=O)(=O)c1ccc(C)cc1)C2. The minimum atomic E-state index is -3.40. The Balaban J connectivity index is 1.82. The molecule has 2 aliphatic heterocycles. The molecule has 2 aliphatic rings. The molecule has 2 heterocycles. The van der Waals surface area contributed by atoms with Crippen LogP contribution < -0.4 is 0 Å². The largest absolute Gasteiger partial charge is 0.384 e. The normalized spacial score (nSPS) is 29.6. The summed E-state index contributed by atoms with van der Waals surface area (Å²) in [7, 11) is 0.429. The zero-order chi connectivity index (χ0) is 16.7. The van der Waals surface area contributed by atoms with Crippen LogP contribution in [0.25, 0.3) is 0 Å². The van der Waals surface area contributed by atoms with Gasteiger partial charge in [-0.15, -0.1) is 0 Å². The van der Waals surface area contributed by atoms with Gasteiger partial charge in [0.2, 0.25) is 10.0 Å². The van der Waals surface area contributed by atoms with Crippen LogP contribution in [0.2, 0.25) is 0 Å². The third-order valence-electron chi connectivity index (χ3n) is 5.36.